The summed E-state index contributed by atoms with van der Waals surface area (Å²) in [4.78, 5) is 7.13. The van der Waals surface area contributed by atoms with Gasteiger partial charge in [-0.3, -0.25) is 0 Å². The Bertz CT molecular complexity index is 518. The van der Waals surface area contributed by atoms with E-state index in [0.717, 1.165) is 31.0 Å². The zero-order chi connectivity index (χ0) is 17.7. The lowest BCUT2D eigenvalue weighted by molar-refractivity contribution is 0.224. The van der Waals surface area contributed by atoms with Crippen LogP contribution in [0.2, 0.25) is 0 Å². The number of guanidine groups is 1. The zero-order valence-electron chi connectivity index (χ0n) is 16.0. The van der Waals surface area contributed by atoms with Gasteiger partial charge in [0.05, 0.1) is 6.54 Å². The third kappa shape index (κ3) is 9.71. The fourth-order valence-electron chi connectivity index (χ4n) is 3.17. The van der Waals surface area contributed by atoms with Crippen molar-refractivity contribution in [2.45, 2.75) is 52.0 Å². The van der Waals surface area contributed by atoms with E-state index in [1.54, 1.807) is 6.07 Å². The zero-order valence-corrected chi connectivity index (χ0v) is 18.3. The summed E-state index contributed by atoms with van der Waals surface area (Å²) in [5.74, 6) is 0.599. The Balaban J connectivity index is 0.00000338. The standard InChI is InChI=1S/C20H33FN4.HI/c1-2-22-20(24-17-18-10-9-11-19(21)16-18)23-12-5-3-6-13-25-14-7-4-8-15-25;/h9-11,16H,2-8,12-15,17H2,1H3,(H2,22,23,24);1H. The largest absolute Gasteiger partial charge is 0.357 e. The number of halogens is 2. The molecule has 2 rings (SSSR count). The highest BCUT2D eigenvalue weighted by molar-refractivity contribution is 14.0. The second kappa shape index (κ2) is 14.2. The molecule has 0 radical (unpaired) electrons. The number of hydrogen-bond donors (Lipinski definition) is 2. The highest BCUT2D eigenvalue weighted by Gasteiger charge is 2.08. The number of nitrogens with one attached hydrogen (secondary N) is 2. The number of unbranched alkanes of at least 4 members (excludes halogenated alkanes) is 2. The molecule has 2 N–H and O–H groups in total. The molecule has 1 aromatic rings. The van der Waals surface area contributed by atoms with Gasteiger partial charge in [0.1, 0.15) is 5.82 Å². The minimum Gasteiger partial charge on any atom is -0.357 e. The van der Waals surface area contributed by atoms with Crippen molar-refractivity contribution in [2.75, 3.05) is 32.7 Å². The first-order chi connectivity index (χ1) is 12.3. The summed E-state index contributed by atoms with van der Waals surface area (Å²) in [5.41, 5.74) is 0.888. The van der Waals surface area contributed by atoms with Gasteiger partial charge in [-0.2, -0.15) is 0 Å². The van der Waals surface area contributed by atoms with Crippen molar-refractivity contribution < 1.29 is 4.39 Å². The van der Waals surface area contributed by atoms with Crippen LogP contribution in [-0.4, -0.2) is 43.6 Å². The Kier molecular flexibility index (Phi) is 12.6. The monoisotopic (exact) mass is 476 g/mol. The van der Waals surface area contributed by atoms with Crippen molar-refractivity contribution >= 4 is 29.9 Å². The predicted octanol–water partition coefficient (Wildman–Crippen LogP) is 4.16. The number of hydrogen-bond acceptors (Lipinski definition) is 2. The maximum atomic E-state index is 13.2. The van der Waals surface area contributed by atoms with Crippen molar-refractivity contribution in [1.82, 2.24) is 15.5 Å². The molecule has 1 fully saturated rings. The van der Waals surface area contributed by atoms with Gasteiger partial charge in [-0.25, -0.2) is 9.38 Å². The van der Waals surface area contributed by atoms with Crippen LogP contribution in [-0.2, 0) is 6.54 Å². The summed E-state index contributed by atoms with van der Waals surface area (Å²) in [6.07, 6.45) is 7.82. The first kappa shape index (κ1) is 23.1. The van der Waals surface area contributed by atoms with Crippen LogP contribution in [0.25, 0.3) is 0 Å². The van der Waals surface area contributed by atoms with Gasteiger partial charge in [0, 0.05) is 13.1 Å². The average molecular weight is 476 g/mol. The van der Waals surface area contributed by atoms with Crippen LogP contribution < -0.4 is 10.6 Å². The summed E-state index contributed by atoms with van der Waals surface area (Å²) < 4.78 is 13.2. The van der Waals surface area contributed by atoms with E-state index in [4.69, 9.17) is 0 Å². The van der Waals surface area contributed by atoms with E-state index < -0.39 is 0 Å². The molecule has 0 aromatic heterocycles. The van der Waals surface area contributed by atoms with Crippen LogP contribution in [0, 0.1) is 5.82 Å². The van der Waals surface area contributed by atoms with Gasteiger partial charge in [-0.1, -0.05) is 25.0 Å². The van der Waals surface area contributed by atoms with E-state index in [-0.39, 0.29) is 29.8 Å². The summed E-state index contributed by atoms with van der Waals surface area (Å²) in [6, 6.07) is 6.62. The van der Waals surface area contributed by atoms with E-state index in [1.165, 1.54) is 63.9 Å². The Morgan fingerprint density at radius 3 is 2.65 bits per heavy atom. The molecule has 0 saturated carbocycles. The Morgan fingerprint density at radius 1 is 1.12 bits per heavy atom. The fraction of sp³-hybridized carbons (Fsp3) is 0.650. The number of piperidine rings is 1. The highest BCUT2D eigenvalue weighted by atomic mass is 127. The molecule has 26 heavy (non-hydrogen) atoms. The SMILES string of the molecule is CCNC(=NCc1cccc(F)c1)NCCCCCN1CCCCC1.I. The second-order valence-electron chi connectivity index (χ2n) is 6.71. The lowest BCUT2D eigenvalue weighted by Gasteiger charge is -2.26. The van der Waals surface area contributed by atoms with Crippen LogP contribution in [0.1, 0.15) is 51.0 Å². The number of aliphatic imine (C=N–C) groups is 1. The summed E-state index contributed by atoms with van der Waals surface area (Å²) in [6.45, 7) is 8.11. The van der Waals surface area contributed by atoms with E-state index in [0.29, 0.717) is 6.54 Å². The Labute approximate surface area is 175 Å². The predicted molar refractivity (Wildman–Crippen MR) is 119 cm³/mol. The third-order valence-electron chi connectivity index (χ3n) is 4.55. The third-order valence-corrected chi connectivity index (χ3v) is 4.55. The van der Waals surface area contributed by atoms with E-state index >= 15 is 0 Å². The van der Waals surface area contributed by atoms with Crippen molar-refractivity contribution in [2.24, 2.45) is 4.99 Å². The Hall–Kier alpha value is -0.890. The normalized spacial score (nSPS) is 15.4. The van der Waals surface area contributed by atoms with Crippen molar-refractivity contribution in [3.8, 4) is 0 Å². The van der Waals surface area contributed by atoms with Crippen molar-refractivity contribution in [3.05, 3.63) is 35.6 Å². The van der Waals surface area contributed by atoms with Gasteiger partial charge in [0.2, 0.25) is 0 Å². The number of rotatable bonds is 9. The summed E-state index contributed by atoms with van der Waals surface area (Å²) in [5, 5.41) is 6.62. The molecule has 148 valence electrons. The first-order valence-electron chi connectivity index (χ1n) is 9.77. The molecular formula is C20H34FIN4. The molecule has 0 spiro atoms. The van der Waals surface area contributed by atoms with Crippen molar-refractivity contribution in [3.63, 3.8) is 0 Å². The lowest BCUT2D eigenvalue weighted by Crippen LogP contribution is -2.37. The van der Waals surface area contributed by atoms with Crippen LogP contribution in [0.4, 0.5) is 4.39 Å². The van der Waals surface area contributed by atoms with Gasteiger partial charge in [-0.05, 0) is 69.9 Å². The van der Waals surface area contributed by atoms with E-state index in [9.17, 15) is 4.39 Å². The van der Waals surface area contributed by atoms with Crippen LogP contribution in [0.3, 0.4) is 0 Å². The minimum absolute atomic E-state index is 0. The number of likely N-dealkylation sites (tertiary alicyclic amines) is 1. The molecule has 1 aliphatic heterocycles. The molecule has 1 aromatic carbocycles. The molecule has 0 unspecified atom stereocenters. The number of nitrogens with zero attached hydrogens (tertiary/aromatic N) is 2. The molecule has 1 saturated heterocycles. The number of benzene rings is 1. The average Bonchev–Trinajstić information content (AvgIpc) is 2.63. The maximum Gasteiger partial charge on any atom is 0.191 e. The van der Waals surface area contributed by atoms with Crippen LogP contribution in [0.15, 0.2) is 29.3 Å². The van der Waals surface area contributed by atoms with Gasteiger partial charge < -0.3 is 15.5 Å². The molecule has 0 amide bonds. The second-order valence-corrected chi connectivity index (χ2v) is 6.71. The minimum atomic E-state index is -0.209. The molecule has 1 heterocycles. The quantitative estimate of drug-likeness (QED) is 0.244. The molecule has 4 nitrogen and oxygen atoms in total. The molecule has 6 heteroatoms. The van der Waals surface area contributed by atoms with E-state index in [2.05, 4.69) is 27.4 Å². The van der Waals surface area contributed by atoms with Gasteiger partial charge in [0.15, 0.2) is 5.96 Å². The molecule has 0 bridgehead atoms. The molecule has 0 atom stereocenters. The summed E-state index contributed by atoms with van der Waals surface area (Å²) in [7, 11) is 0. The smallest absolute Gasteiger partial charge is 0.191 e. The fourth-order valence-corrected chi connectivity index (χ4v) is 3.17. The highest BCUT2D eigenvalue weighted by Crippen LogP contribution is 2.09. The van der Waals surface area contributed by atoms with Crippen molar-refractivity contribution in [1.29, 1.82) is 0 Å². The van der Waals surface area contributed by atoms with Crippen LogP contribution >= 0.6 is 24.0 Å². The lowest BCUT2D eigenvalue weighted by atomic mass is 10.1. The van der Waals surface area contributed by atoms with Gasteiger partial charge in [-0.15, -0.1) is 24.0 Å². The maximum absolute atomic E-state index is 13.2. The molecule has 0 aliphatic carbocycles. The topological polar surface area (TPSA) is 39.7 Å². The van der Waals surface area contributed by atoms with Gasteiger partial charge >= 0.3 is 0 Å². The van der Waals surface area contributed by atoms with E-state index in [1.807, 2.05) is 6.07 Å². The molecular weight excluding hydrogens is 442 g/mol. The van der Waals surface area contributed by atoms with Crippen LogP contribution in [0.5, 0.6) is 0 Å². The molecule has 1 aliphatic rings. The first-order valence-corrected chi connectivity index (χ1v) is 9.77. The summed E-state index contributed by atoms with van der Waals surface area (Å²) >= 11 is 0. The Morgan fingerprint density at radius 2 is 1.92 bits per heavy atom. The van der Waals surface area contributed by atoms with Gasteiger partial charge in [0.25, 0.3) is 0 Å².